The van der Waals surface area contributed by atoms with Gasteiger partial charge in [0.05, 0.1) is 5.52 Å². The highest BCUT2D eigenvalue weighted by molar-refractivity contribution is 7.90. The number of hydrogen-bond donors (Lipinski definition) is 1. The molecule has 3 aromatic rings. The fourth-order valence-electron chi connectivity index (χ4n) is 2.90. The molecule has 0 aliphatic carbocycles. The first-order valence-electron chi connectivity index (χ1n) is 7.78. The summed E-state index contributed by atoms with van der Waals surface area (Å²) in [5.41, 5.74) is 1.01. The predicted octanol–water partition coefficient (Wildman–Crippen LogP) is 2.02. The van der Waals surface area contributed by atoms with E-state index in [4.69, 9.17) is 14.6 Å². The number of nitrogens with zero attached hydrogens (tertiary/aromatic N) is 2. The van der Waals surface area contributed by atoms with Crippen LogP contribution in [-0.4, -0.2) is 35.2 Å². The summed E-state index contributed by atoms with van der Waals surface area (Å²) in [4.78, 5) is 14.8. The van der Waals surface area contributed by atoms with E-state index in [9.17, 15) is 13.2 Å². The van der Waals surface area contributed by atoms with Gasteiger partial charge in [0.25, 0.3) is 10.0 Å². The highest BCUT2D eigenvalue weighted by atomic mass is 32.2. The molecule has 26 heavy (non-hydrogen) atoms. The Morgan fingerprint density at radius 1 is 1.27 bits per heavy atom. The van der Waals surface area contributed by atoms with Gasteiger partial charge in [0.1, 0.15) is 4.90 Å². The van der Waals surface area contributed by atoms with Crippen LogP contribution in [0.25, 0.3) is 10.9 Å². The first kappa shape index (κ1) is 16.4. The Bertz CT molecular complexity index is 1110. The molecule has 3 heterocycles. The summed E-state index contributed by atoms with van der Waals surface area (Å²) >= 11 is 0. The molecule has 0 atom stereocenters. The number of carbonyl (C=O) groups is 1. The molecule has 1 aliphatic heterocycles. The number of aryl methyl sites for hydroxylation is 1. The summed E-state index contributed by atoms with van der Waals surface area (Å²) in [5, 5.41) is 9.58. The molecule has 4 rings (SSSR count). The van der Waals surface area contributed by atoms with Crippen molar-refractivity contribution in [2.24, 2.45) is 0 Å². The number of ether oxygens (including phenoxy) is 2. The number of aliphatic carboxylic acids is 1. The molecule has 9 heteroatoms. The highest BCUT2D eigenvalue weighted by Gasteiger charge is 2.25. The molecule has 0 unspecified atom stereocenters. The molecule has 0 saturated carbocycles. The fraction of sp³-hybridized carbons (Fsp3) is 0.176. The van der Waals surface area contributed by atoms with Gasteiger partial charge < -0.3 is 14.6 Å². The molecule has 0 bridgehead atoms. The van der Waals surface area contributed by atoms with Crippen molar-refractivity contribution in [2.45, 2.75) is 17.7 Å². The van der Waals surface area contributed by atoms with Gasteiger partial charge in [0.2, 0.25) is 6.79 Å². The third-order valence-electron chi connectivity index (χ3n) is 4.15. The van der Waals surface area contributed by atoms with E-state index in [1.54, 1.807) is 18.2 Å². The average Bonchev–Trinajstić information content (AvgIpc) is 3.23. The van der Waals surface area contributed by atoms with Crippen LogP contribution < -0.4 is 9.47 Å². The van der Waals surface area contributed by atoms with Crippen molar-refractivity contribution in [3.8, 4) is 11.5 Å². The Kier molecular flexibility index (Phi) is 3.80. The topological polar surface area (TPSA) is 108 Å². The van der Waals surface area contributed by atoms with Crippen molar-refractivity contribution < 1.29 is 27.8 Å². The van der Waals surface area contributed by atoms with Crippen LogP contribution in [0.3, 0.4) is 0 Å². The van der Waals surface area contributed by atoms with Gasteiger partial charge in [-0.3, -0.25) is 9.78 Å². The molecule has 1 aliphatic rings. The lowest BCUT2D eigenvalue weighted by Gasteiger charge is -2.07. The zero-order valence-electron chi connectivity index (χ0n) is 13.5. The smallest absolute Gasteiger partial charge is 0.303 e. The Morgan fingerprint density at radius 3 is 2.73 bits per heavy atom. The third-order valence-corrected chi connectivity index (χ3v) is 5.80. The highest BCUT2D eigenvalue weighted by Crippen LogP contribution is 2.39. The van der Waals surface area contributed by atoms with E-state index in [2.05, 4.69) is 4.98 Å². The van der Waals surface area contributed by atoms with Crippen LogP contribution in [0.1, 0.15) is 12.0 Å². The van der Waals surface area contributed by atoms with Gasteiger partial charge in [-0.05, 0) is 30.2 Å². The quantitative estimate of drug-likeness (QED) is 0.728. The number of carboxylic acid groups (broad SMARTS) is 1. The molecule has 0 fully saturated rings. The maximum atomic E-state index is 13.0. The maximum absolute atomic E-state index is 13.0. The van der Waals surface area contributed by atoms with E-state index in [1.807, 2.05) is 0 Å². The summed E-state index contributed by atoms with van der Waals surface area (Å²) < 4.78 is 37.9. The second-order valence-electron chi connectivity index (χ2n) is 5.76. The molecule has 1 N–H and O–H groups in total. The van der Waals surface area contributed by atoms with Gasteiger partial charge in [0, 0.05) is 36.5 Å². The lowest BCUT2D eigenvalue weighted by atomic mass is 10.1. The first-order valence-corrected chi connectivity index (χ1v) is 9.22. The minimum atomic E-state index is -3.89. The molecule has 2 aromatic heterocycles. The van der Waals surface area contributed by atoms with Crippen LogP contribution in [0.15, 0.2) is 47.8 Å². The molecule has 134 valence electrons. The Morgan fingerprint density at radius 2 is 2.04 bits per heavy atom. The number of fused-ring (bicyclic) bond motifs is 2. The molecular weight excluding hydrogens is 360 g/mol. The van der Waals surface area contributed by atoms with Crippen molar-refractivity contribution in [3.05, 3.63) is 48.4 Å². The molecule has 1 aromatic carbocycles. The second-order valence-corrected chi connectivity index (χ2v) is 7.58. The lowest BCUT2D eigenvalue weighted by Crippen LogP contribution is -2.12. The second kappa shape index (κ2) is 6.03. The molecule has 8 nitrogen and oxygen atoms in total. The summed E-state index contributed by atoms with van der Waals surface area (Å²) in [6.07, 6.45) is 4.29. The van der Waals surface area contributed by atoms with Gasteiger partial charge >= 0.3 is 5.97 Å². The number of pyridine rings is 1. The van der Waals surface area contributed by atoms with Crippen molar-refractivity contribution in [1.82, 2.24) is 8.96 Å². The summed E-state index contributed by atoms with van der Waals surface area (Å²) in [6, 6.07) is 6.27. The Balaban J connectivity index is 1.93. The number of benzene rings is 1. The molecule has 0 spiro atoms. The minimum Gasteiger partial charge on any atom is -0.481 e. The van der Waals surface area contributed by atoms with E-state index < -0.39 is 16.0 Å². The maximum Gasteiger partial charge on any atom is 0.303 e. The van der Waals surface area contributed by atoms with E-state index in [1.165, 1.54) is 24.7 Å². The average molecular weight is 374 g/mol. The van der Waals surface area contributed by atoms with Crippen LogP contribution in [-0.2, 0) is 21.2 Å². The van der Waals surface area contributed by atoms with E-state index in [0.717, 1.165) is 3.97 Å². The number of rotatable bonds is 5. The van der Waals surface area contributed by atoms with Crippen molar-refractivity contribution >= 4 is 26.9 Å². The zero-order chi connectivity index (χ0) is 18.3. The monoisotopic (exact) mass is 374 g/mol. The largest absolute Gasteiger partial charge is 0.481 e. The predicted molar refractivity (Wildman–Crippen MR) is 90.8 cm³/mol. The van der Waals surface area contributed by atoms with E-state index in [0.29, 0.717) is 28.0 Å². The van der Waals surface area contributed by atoms with E-state index in [-0.39, 0.29) is 24.5 Å². The SMILES string of the molecule is O=C(O)CCc1cn(S(=O)(=O)c2cccnc2)c2cc3c(cc12)OCO3. The standard InChI is InChI=1S/C17H14N2O6S/c20-17(21)4-3-11-9-19(26(22,23)12-2-1-5-18-8-12)14-7-16-15(6-13(11)14)24-10-25-16/h1-2,5-9H,3-4,10H2,(H,20,21). The van der Waals surface area contributed by atoms with Gasteiger partial charge in [-0.15, -0.1) is 0 Å². The number of hydrogen-bond acceptors (Lipinski definition) is 6. The zero-order valence-corrected chi connectivity index (χ0v) is 14.3. The normalized spacial score (nSPS) is 13.2. The fourth-order valence-corrected chi connectivity index (χ4v) is 4.25. The van der Waals surface area contributed by atoms with Gasteiger partial charge in [0.15, 0.2) is 11.5 Å². The third kappa shape index (κ3) is 2.66. The molecule has 0 saturated heterocycles. The molecular formula is C17H14N2O6S. The lowest BCUT2D eigenvalue weighted by molar-refractivity contribution is -0.136. The van der Waals surface area contributed by atoms with Crippen molar-refractivity contribution in [3.63, 3.8) is 0 Å². The van der Waals surface area contributed by atoms with Crippen LogP contribution in [0.5, 0.6) is 11.5 Å². The first-order chi connectivity index (χ1) is 12.5. The minimum absolute atomic E-state index is 0.0411. The Labute approximate surface area is 148 Å². The van der Waals surface area contributed by atoms with Gasteiger partial charge in [-0.2, -0.15) is 0 Å². The summed E-state index contributed by atoms with van der Waals surface area (Å²) in [7, 11) is -3.89. The Hall–Kier alpha value is -3.07. The van der Waals surface area contributed by atoms with Crippen LogP contribution >= 0.6 is 0 Å². The number of carboxylic acids is 1. The summed E-state index contributed by atoms with van der Waals surface area (Å²) in [5.74, 6) is -0.00428. The van der Waals surface area contributed by atoms with E-state index >= 15 is 0 Å². The van der Waals surface area contributed by atoms with Crippen molar-refractivity contribution in [2.75, 3.05) is 6.79 Å². The molecule has 0 radical (unpaired) electrons. The van der Waals surface area contributed by atoms with Crippen LogP contribution in [0.4, 0.5) is 0 Å². The van der Waals surface area contributed by atoms with Gasteiger partial charge in [-0.1, -0.05) is 0 Å². The van der Waals surface area contributed by atoms with Crippen LogP contribution in [0, 0.1) is 0 Å². The van der Waals surface area contributed by atoms with Crippen LogP contribution in [0.2, 0.25) is 0 Å². The molecule has 0 amide bonds. The van der Waals surface area contributed by atoms with Gasteiger partial charge in [-0.25, -0.2) is 12.4 Å². The number of aromatic nitrogens is 2. The van der Waals surface area contributed by atoms with Crippen molar-refractivity contribution in [1.29, 1.82) is 0 Å². The summed E-state index contributed by atoms with van der Waals surface area (Å²) in [6.45, 7) is 0.0573.